The maximum absolute atomic E-state index is 11.7. The van der Waals surface area contributed by atoms with Crippen molar-refractivity contribution in [2.24, 2.45) is 11.7 Å². The van der Waals surface area contributed by atoms with E-state index in [-0.39, 0.29) is 4.99 Å². The zero-order chi connectivity index (χ0) is 12.1. The molecule has 1 unspecified atom stereocenters. The van der Waals surface area contributed by atoms with Gasteiger partial charge < -0.3 is 11.1 Å². The van der Waals surface area contributed by atoms with Crippen molar-refractivity contribution in [2.45, 2.75) is 25.9 Å². The Kier molecular flexibility index (Phi) is 5.56. The number of thiocarbonyl (C=S) groups is 1. The van der Waals surface area contributed by atoms with Gasteiger partial charge in [0, 0.05) is 6.54 Å². The summed E-state index contributed by atoms with van der Waals surface area (Å²) >= 11 is 4.61. The summed E-state index contributed by atoms with van der Waals surface area (Å²) in [5.74, 6) is -1.23. The van der Waals surface area contributed by atoms with Crippen molar-refractivity contribution in [3.63, 3.8) is 0 Å². The second kappa shape index (κ2) is 5.89. The van der Waals surface area contributed by atoms with Gasteiger partial charge in [0.2, 0.25) is 5.91 Å². The van der Waals surface area contributed by atoms with Crippen molar-refractivity contribution in [1.82, 2.24) is 5.32 Å². The van der Waals surface area contributed by atoms with Crippen LogP contribution in [0.4, 0.5) is 13.2 Å². The van der Waals surface area contributed by atoms with E-state index in [0.29, 0.717) is 6.42 Å². The minimum atomic E-state index is -4.27. The Hall–Kier alpha value is -0.850. The van der Waals surface area contributed by atoms with E-state index >= 15 is 0 Å². The van der Waals surface area contributed by atoms with Gasteiger partial charge in [0.05, 0.1) is 17.3 Å². The lowest BCUT2D eigenvalue weighted by atomic mass is 10.1. The Morgan fingerprint density at radius 2 is 2.07 bits per heavy atom. The summed E-state index contributed by atoms with van der Waals surface area (Å²) in [6.07, 6.45) is -4.93. The van der Waals surface area contributed by atoms with Gasteiger partial charge in [0.25, 0.3) is 0 Å². The largest absolute Gasteiger partial charge is 0.393 e. The van der Waals surface area contributed by atoms with Gasteiger partial charge in [-0.1, -0.05) is 19.1 Å². The van der Waals surface area contributed by atoms with Crippen LogP contribution in [0.2, 0.25) is 0 Å². The molecule has 0 aliphatic rings. The first-order valence-corrected chi connectivity index (χ1v) is 4.82. The van der Waals surface area contributed by atoms with Crippen LogP contribution in [0, 0.1) is 5.92 Å². The molecule has 0 saturated carbocycles. The van der Waals surface area contributed by atoms with E-state index in [1.165, 1.54) is 0 Å². The van der Waals surface area contributed by atoms with Gasteiger partial charge in [-0.3, -0.25) is 4.79 Å². The predicted octanol–water partition coefficient (Wildman–Crippen LogP) is 1.37. The van der Waals surface area contributed by atoms with Crippen LogP contribution < -0.4 is 11.1 Å². The Bertz CT molecular complexity index is 243. The van der Waals surface area contributed by atoms with E-state index in [0.717, 1.165) is 0 Å². The van der Waals surface area contributed by atoms with Crippen LogP contribution in [0.15, 0.2) is 0 Å². The highest BCUT2D eigenvalue weighted by Gasteiger charge is 2.27. The Balaban J connectivity index is 3.98. The molecule has 0 radical (unpaired) electrons. The van der Waals surface area contributed by atoms with Crippen molar-refractivity contribution < 1.29 is 18.0 Å². The Morgan fingerprint density at radius 1 is 1.53 bits per heavy atom. The summed E-state index contributed by atoms with van der Waals surface area (Å²) in [6.45, 7) is 1.24. The van der Waals surface area contributed by atoms with Crippen LogP contribution in [0.25, 0.3) is 0 Å². The average Bonchev–Trinajstić information content (AvgIpc) is 2.01. The van der Waals surface area contributed by atoms with Gasteiger partial charge in [0.1, 0.15) is 0 Å². The van der Waals surface area contributed by atoms with Crippen molar-refractivity contribution in [3.8, 4) is 0 Å². The van der Waals surface area contributed by atoms with E-state index in [1.54, 1.807) is 6.92 Å². The highest BCUT2D eigenvalue weighted by molar-refractivity contribution is 7.80. The van der Waals surface area contributed by atoms with Crippen LogP contribution in [-0.2, 0) is 4.79 Å². The summed E-state index contributed by atoms with van der Waals surface area (Å²) in [7, 11) is 0. The lowest BCUT2D eigenvalue weighted by Crippen LogP contribution is -2.38. The van der Waals surface area contributed by atoms with Crippen LogP contribution >= 0.6 is 12.2 Å². The molecule has 0 heterocycles. The standard InChI is InChI=1S/C8H13F3N2OS/c1-2-5(6(12)15)7(14)13-4-3-8(9,10)11/h5H,2-4H2,1H3,(H2,12,15)(H,13,14). The van der Waals surface area contributed by atoms with Gasteiger partial charge in [-0.15, -0.1) is 0 Å². The van der Waals surface area contributed by atoms with Gasteiger partial charge in [-0.25, -0.2) is 0 Å². The van der Waals surface area contributed by atoms with E-state index in [1.807, 2.05) is 0 Å². The number of hydrogen-bond donors (Lipinski definition) is 2. The molecule has 3 N–H and O–H groups in total. The van der Waals surface area contributed by atoms with Gasteiger partial charge in [-0.05, 0) is 6.42 Å². The van der Waals surface area contributed by atoms with Gasteiger partial charge >= 0.3 is 6.18 Å². The maximum Gasteiger partial charge on any atom is 0.390 e. The van der Waals surface area contributed by atoms with Crippen LogP contribution in [-0.4, -0.2) is 23.6 Å². The van der Waals surface area contributed by atoms with Crippen molar-refractivity contribution >= 4 is 23.1 Å². The highest BCUT2D eigenvalue weighted by Crippen LogP contribution is 2.18. The first-order chi connectivity index (χ1) is 6.78. The zero-order valence-electron chi connectivity index (χ0n) is 8.23. The number of rotatable bonds is 5. The first-order valence-electron chi connectivity index (χ1n) is 4.41. The summed E-state index contributed by atoms with van der Waals surface area (Å²) in [6, 6.07) is 0. The minimum Gasteiger partial charge on any atom is -0.393 e. The zero-order valence-corrected chi connectivity index (χ0v) is 9.04. The Labute approximate surface area is 91.2 Å². The fraction of sp³-hybridized carbons (Fsp3) is 0.750. The molecular formula is C8H13F3N2OS. The third kappa shape index (κ3) is 6.27. The van der Waals surface area contributed by atoms with Crippen molar-refractivity contribution in [2.75, 3.05) is 6.54 Å². The van der Waals surface area contributed by atoms with Crippen LogP contribution in [0.3, 0.4) is 0 Å². The van der Waals surface area contributed by atoms with E-state index in [4.69, 9.17) is 5.73 Å². The van der Waals surface area contributed by atoms with E-state index in [9.17, 15) is 18.0 Å². The van der Waals surface area contributed by atoms with E-state index in [2.05, 4.69) is 17.5 Å². The molecule has 0 saturated heterocycles. The molecule has 3 nitrogen and oxygen atoms in total. The number of carbonyl (C=O) groups excluding carboxylic acids is 1. The van der Waals surface area contributed by atoms with Crippen LogP contribution in [0.1, 0.15) is 19.8 Å². The van der Waals surface area contributed by atoms with E-state index < -0.39 is 31.0 Å². The number of alkyl halides is 3. The number of amides is 1. The first kappa shape index (κ1) is 14.2. The second-order valence-corrected chi connectivity index (χ2v) is 3.49. The Morgan fingerprint density at radius 3 is 2.40 bits per heavy atom. The molecule has 0 rings (SSSR count). The van der Waals surface area contributed by atoms with Gasteiger partial charge in [-0.2, -0.15) is 13.2 Å². The summed E-state index contributed by atoms with van der Waals surface area (Å²) in [5, 5.41) is 2.15. The SMILES string of the molecule is CCC(C(=O)NCCC(F)(F)F)C(N)=S. The average molecular weight is 242 g/mol. The lowest BCUT2D eigenvalue weighted by Gasteiger charge is -2.13. The molecule has 88 valence electrons. The summed E-state index contributed by atoms with van der Waals surface area (Å²) in [4.78, 5) is 11.3. The fourth-order valence-electron chi connectivity index (χ4n) is 0.966. The normalized spacial score (nSPS) is 13.3. The molecule has 0 bridgehead atoms. The third-order valence-corrected chi connectivity index (χ3v) is 2.06. The summed E-state index contributed by atoms with van der Waals surface area (Å²) < 4.78 is 35.2. The molecule has 0 fully saturated rings. The monoisotopic (exact) mass is 242 g/mol. The number of halogens is 3. The predicted molar refractivity (Wildman–Crippen MR) is 54.2 cm³/mol. The molecule has 1 atom stereocenters. The molecule has 0 aliphatic carbocycles. The number of hydrogen-bond acceptors (Lipinski definition) is 2. The molecule has 15 heavy (non-hydrogen) atoms. The highest BCUT2D eigenvalue weighted by atomic mass is 32.1. The molecule has 0 spiro atoms. The molecule has 0 aromatic carbocycles. The molecule has 1 amide bonds. The lowest BCUT2D eigenvalue weighted by molar-refractivity contribution is -0.136. The third-order valence-electron chi connectivity index (χ3n) is 1.78. The quantitative estimate of drug-likeness (QED) is 0.716. The number of nitrogens with one attached hydrogen (secondary N) is 1. The van der Waals surface area contributed by atoms with Crippen LogP contribution in [0.5, 0.6) is 0 Å². The second-order valence-electron chi connectivity index (χ2n) is 3.02. The molecule has 0 aromatic rings. The molecular weight excluding hydrogens is 229 g/mol. The number of nitrogens with two attached hydrogens (primary N) is 1. The molecule has 0 aliphatic heterocycles. The molecule has 7 heteroatoms. The smallest absolute Gasteiger partial charge is 0.390 e. The minimum absolute atomic E-state index is 0.00186. The van der Waals surface area contributed by atoms with Gasteiger partial charge in [0.15, 0.2) is 0 Å². The van der Waals surface area contributed by atoms with Crippen molar-refractivity contribution in [1.29, 1.82) is 0 Å². The molecule has 0 aromatic heterocycles. The topological polar surface area (TPSA) is 55.1 Å². The maximum atomic E-state index is 11.7. The number of carbonyl (C=O) groups is 1. The van der Waals surface area contributed by atoms with Crippen molar-refractivity contribution in [3.05, 3.63) is 0 Å². The summed E-state index contributed by atoms with van der Waals surface area (Å²) in [5.41, 5.74) is 5.25. The fourth-order valence-corrected chi connectivity index (χ4v) is 1.24.